The van der Waals surface area contributed by atoms with E-state index < -0.39 is 37.7 Å². The number of rotatable bonds is 6. The minimum Gasteiger partial charge on any atom is -0.395 e. The second-order valence-electron chi connectivity index (χ2n) is 6.28. The number of aliphatic hydroxyl groups excluding tert-OH is 3. The van der Waals surface area contributed by atoms with Crippen LogP contribution in [-0.4, -0.2) is 120 Å². The van der Waals surface area contributed by atoms with Gasteiger partial charge in [0.05, 0.1) is 6.61 Å². The molecule has 2 unspecified atom stereocenters. The molecule has 1 aliphatic heterocycles. The first-order valence-corrected chi connectivity index (χ1v) is 8.21. The van der Waals surface area contributed by atoms with E-state index in [0.717, 1.165) is 0 Å². The topological polar surface area (TPSA) is 70.4 Å². The Morgan fingerprint density at radius 3 is 1.23 bits per heavy atom. The summed E-state index contributed by atoms with van der Waals surface area (Å²) >= 11 is 0. The number of nitrogens with zero attached hydrogens (tertiary/aromatic N) is 3. The molecule has 12 heteroatoms. The van der Waals surface area contributed by atoms with Crippen LogP contribution in [0.5, 0.6) is 0 Å². The lowest BCUT2D eigenvalue weighted by molar-refractivity contribution is -0.210. The van der Waals surface area contributed by atoms with Crippen molar-refractivity contribution in [3.05, 3.63) is 0 Å². The predicted octanol–water partition coefficient (Wildman–Crippen LogP) is -0.255. The lowest BCUT2D eigenvalue weighted by atomic mass is 10.3. The lowest BCUT2D eigenvalue weighted by Gasteiger charge is -2.29. The Bertz CT molecular complexity index is 376. The van der Waals surface area contributed by atoms with E-state index in [1.54, 1.807) is 4.90 Å². The quantitative estimate of drug-likeness (QED) is 0.537. The Balaban J connectivity index is 2.76. The molecule has 1 heterocycles. The Hall–Kier alpha value is -0.660. The van der Waals surface area contributed by atoms with Crippen molar-refractivity contribution in [1.82, 2.24) is 14.7 Å². The molecule has 1 saturated heterocycles. The molecule has 0 radical (unpaired) electrons. The van der Waals surface area contributed by atoms with Crippen molar-refractivity contribution >= 4 is 0 Å². The molecule has 3 N–H and O–H groups in total. The minimum atomic E-state index is -4.78. The third-order valence-corrected chi connectivity index (χ3v) is 4.23. The second kappa shape index (κ2) is 10.0. The smallest absolute Gasteiger partial charge is 0.395 e. The molecule has 1 rings (SSSR count). The molecule has 0 bridgehead atoms. The zero-order chi connectivity index (χ0) is 20.0. The van der Waals surface area contributed by atoms with Crippen LogP contribution in [0, 0.1) is 0 Å². The fourth-order valence-electron chi connectivity index (χ4n) is 2.61. The molecule has 0 aliphatic carbocycles. The van der Waals surface area contributed by atoms with Gasteiger partial charge in [0.2, 0.25) is 0 Å². The zero-order valence-electron chi connectivity index (χ0n) is 14.2. The number of aliphatic hydroxyl groups is 3. The maximum atomic E-state index is 12.6. The minimum absolute atomic E-state index is 0.0185. The van der Waals surface area contributed by atoms with Crippen molar-refractivity contribution in [2.24, 2.45) is 0 Å². The van der Waals surface area contributed by atoms with Crippen LogP contribution in [-0.2, 0) is 0 Å². The van der Waals surface area contributed by atoms with Gasteiger partial charge in [0.1, 0.15) is 0 Å². The molecule has 26 heavy (non-hydrogen) atoms. The fourth-order valence-corrected chi connectivity index (χ4v) is 2.61. The molecular weight excluding hydrogens is 372 g/mol. The average molecular weight is 397 g/mol. The van der Waals surface area contributed by atoms with Crippen LogP contribution in [0.25, 0.3) is 0 Å². The highest BCUT2D eigenvalue weighted by Crippen LogP contribution is 2.22. The number of hydrogen-bond donors (Lipinski definition) is 3. The van der Waals surface area contributed by atoms with E-state index in [-0.39, 0.29) is 39.3 Å². The van der Waals surface area contributed by atoms with Gasteiger partial charge in [-0.2, -0.15) is 26.3 Å². The van der Waals surface area contributed by atoms with Gasteiger partial charge < -0.3 is 15.3 Å². The van der Waals surface area contributed by atoms with Gasteiger partial charge in [-0.05, 0) is 0 Å². The SMILES string of the molecule is OCCN1CCN(CC(O)C(F)(F)F)CCN(CC(O)C(F)(F)F)CC1. The lowest BCUT2D eigenvalue weighted by Crippen LogP contribution is -2.46. The van der Waals surface area contributed by atoms with Gasteiger partial charge in [-0.1, -0.05) is 0 Å². The highest BCUT2D eigenvalue weighted by Gasteiger charge is 2.40. The maximum absolute atomic E-state index is 12.6. The van der Waals surface area contributed by atoms with Crippen LogP contribution in [0.1, 0.15) is 0 Å². The van der Waals surface area contributed by atoms with Crippen LogP contribution >= 0.6 is 0 Å². The van der Waals surface area contributed by atoms with Gasteiger partial charge >= 0.3 is 12.4 Å². The molecule has 2 atom stereocenters. The van der Waals surface area contributed by atoms with E-state index >= 15 is 0 Å². The molecule has 1 aliphatic rings. The predicted molar refractivity (Wildman–Crippen MR) is 80.5 cm³/mol. The number of alkyl halides is 6. The Kier molecular flexibility index (Phi) is 9.03. The monoisotopic (exact) mass is 397 g/mol. The number of hydrogen-bond acceptors (Lipinski definition) is 6. The molecule has 0 aromatic rings. The van der Waals surface area contributed by atoms with Gasteiger partial charge in [-0.3, -0.25) is 14.7 Å². The summed E-state index contributed by atoms with van der Waals surface area (Å²) in [6.07, 6.45) is -14.7. The highest BCUT2D eigenvalue weighted by atomic mass is 19.4. The van der Waals surface area contributed by atoms with Gasteiger partial charge in [-0.15, -0.1) is 0 Å². The molecule has 0 amide bonds. The van der Waals surface area contributed by atoms with Crippen molar-refractivity contribution < 1.29 is 41.7 Å². The van der Waals surface area contributed by atoms with E-state index in [1.165, 1.54) is 9.80 Å². The Labute approximate surface area is 147 Å². The zero-order valence-corrected chi connectivity index (χ0v) is 14.2. The van der Waals surface area contributed by atoms with E-state index in [4.69, 9.17) is 5.11 Å². The summed E-state index contributed by atoms with van der Waals surface area (Å²) in [6, 6.07) is 0. The first-order valence-electron chi connectivity index (χ1n) is 8.21. The molecule has 0 saturated carbocycles. The first kappa shape index (κ1) is 23.4. The average Bonchev–Trinajstić information content (AvgIpc) is 2.59. The molecule has 6 nitrogen and oxygen atoms in total. The summed E-state index contributed by atoms with van der Waals surface area (Å²) in [5.41, 5.74) is 0. The molecule has 1 fully saturated rings. The van der Waals surface area contributed by atoms with Crippen molar-refractivity contribution in [2.45, 2.75) is 24.6 Å². The van der Waals surface area contributed by atoms with E-state index in [1.807, 2.05) is 0 Å². The van der Waals surface area contributed by atoms with Crippen LogP contribution in [0.15, 0.2) is 0 Å². The highest BCUT2D eigenvalue weighted by molar-refractivity contribution is 4.78. The summed E-state index contributed by atoms with van der Waals surface area (Å²) in [5, 5.41) is 27.5. The van der Waals surface area contributed by atoms with Crippen LogP contribution < -0.4 is 0 Å². The normalized spacial score (nSPS) is 22.5. The standard InChI is InChI=1S/C14H25F6N3O3/c15-13(16,17)11(25)9-22-3-1-21(7-8-24)2-4-23(6-5-22)10-12(26)14(18,19)20/h11-12,24-26H,1-10H2. The molecule has 156 valence electrons. The summed E-state index contributed by atoms with van der Waals surface area (Å²) in [5.74, 6) is 0. The van der Waals surface area contributed by atoms with E-state index in [9.17, 15) is 36.6 Å². The molecule has 0 spiro atoms. The van der Waals surface area contributed by atoms with Crippen LogP contribution in [0.2, 0.25) is 0 Å². The third-order valence-electron chi connectivity index (χ3n) is 4.23. The fraction of sp³-hybridized carbons (Fsp3) is 1.00. The summed E-state index contributed by atoms with van der Waals surface area (Å²) < 4.78 is 75.3. The van der Waals surface area contributed by atoms with Crippen LogP contribution in [0.3, 0.4) is 0 Å². The number of halogens is 6. The maximum Gasteiger partial charge on any atom is 0.415 e. The summed E-state index contributed by atoms with van der Waals surface area (Å²) in [6.45, 7) is -0.359. The summed E-state index contributed by atoms with van der Waals surface area (Å²) in [4.78, 5) is 4.35. The van der Waals surface area contributed by atoms with Crippen molar-refractivity contribution in [3.63, 3.8) is 0 Å². The first-order chi connectivity index (χ1) is 11.9. The molecule has 0 aromatic heterocycles. The van der Waals surface area contributed by atoms with E-state index in [0.29, 0.717) is 13.1 Å². The van der Waals surface area contributed by atoms with E-state index in [2.05, 4.69) is 0 Å². The third kappa shape index (κ3) is 8.35. The molecular formula is C14H25F6N3O3. The van der Waals surface area contributed by atoms with Gasteiger partial charge in [0.25, 0.3) is 0 Å². The Morgan fingerprint density at radius 2 is 0.962 bits per heavy atom. The Morgan fingerprint density at radius 1 is 0.654 bits per heavy atom. The molecule has 0 aromatic carbocycles. The number of β-amino-alcohol motifs (C(OH)–C–C–N with tert-alkyl or cyclic N) is 3. The van der Waals surface area contributed by atoms with Gasteiger partial charge in [0, 0.05) is 58.9 Å². The van der Waals surface area contributed by atoms with Crippen molar-refractivity contribution in [2.75, 3.05) is 65.5 Å². The van der Waals surface area contributed by atoms with Crippen molar-refractivity contribution in [3.8, 4) is 0 Å². The second-order valence-corrected chi connectivity index (χ2v) is 6.28. The summed E-state index contributed by atoms with van der Waals surface area (Å²) in [7, 11) is 0. The van der Waals surface area contributed by atoms with Crippen LogP contribution in [0.4, 0.5) is 26.3 Å². The van der Waals surface area contributed by atoms with Gasteiger partial charge in [-0.25, -0.2) is 0 Å². The van der Waals surface area contributed by atoms with Crippen molar-refractivity contribution in [1.29, 1.82) is 0 Å². The largest absolute Gasteiger partial charge is 0.415 e. The van der Waals surface area contributed by atoms with Gasteiger partial charge in [0.15, 0.2) is 12.2 Å².